The molecule has 3 heterocycles. The first-order valence-electron chi connectivity index (χ1n) is 8.99. The van der Waals surface area contributed by atoms with Crippen molar-refractivity contribution in [3.05, 3.63) is 23.7 Å². The fraction of sp³-hybridized carbons (Fsp3) is 0.778. The molecule has 130 valence electrons. The Bertz CT molecular complexity index is 482. The van der Waals surface area contributed by atoms with Crippen molar-refractivity contribution >= 4 is 0 Å². The SMILES string of the molecule is CCc1ccc(CN2C[C@@H](CN3CCN(C)CC3)[C@@H](CO)C2)o1. The molecule has 0 saturated carbocycles. The Labute approximate surface area is 139 Å². The van der Waals surface area contributed by atoms with E-state index in [9.17, 15) is 5.11 Å². The molecule has 1 aromatic heterocycles. The topological polar surface area (TPSA) is 43.1 Å². The first-order valence-corrected chi connectivity index (χ1v) is 8.99. The average Bonchev–Trinajstić information content (AvgIpc) is 3.16. The summed E-state index contributed by atoms with van der Waals surface area (Å²) in [6.07, 6.45) is 0.950. The van der Waals surface area contributed by atoms with E-state index in [0.29, 0.717) is 18.4 Å². The summed E-state index contributed by atoms with van der Waals surface area (Å²) in [5, 5.41) is 9.76. The number of rotatable bonds is 6. The van der Waals surface area contributed by atoms with E-state index < -0.39 is 0 Å². The van der Waals surface area contributed by atoms with E-state index in [4.69, 9.17) is 4.42 Å². The van der Waals surface area contributed by atoms with Crippen LogP contribution in [0.15, 0.2) is 16.5 Å². The summed E-state index contributed by atoms with van der Waals surface area (Å²) in [6, 6.07) is 4.18. The van der Waals surface area contributed by atoms with Gasteiger partial charge in [-0.15, -0.1) is 0 Å². The highest BCUT2D eigenvalue weighted by atomic mass is 16.3. The molecular weight excluding hydrogens is 290 g/mol. The van der Waals surface area contributed by atoms with Gasteiger partial charge in [-0.25, -0.2) is 0 Å². The average molecular weight is 321 g/mol. The highest BCUT2D eigenvalue weighted by Gasteiger charge is 2.34. The van der Waals surface area contributed by atoms with Gasteiger partial charge < -0.3 is 19.3 Å². The fourth-order valence-corrected chi connectivity index (χ4v) is 3.86. The second-order valence-electron chi connectivity index (χ2n) is 7.22. The molecule has 0 amide bonds. The molecule has 0 spiro atoms. The van der Waals surface area contributed by atoms with E-state index in [1.54, 1.807) is 0 Å². The van der Waals surface area contributed by atoms with Gasteiger partial charge in [-0.2, -0.15) is 0 Å². The predicted molar refractivity (Wildman–Crippen MR) is 91.4 cm³/mol. The van der Waals surface area contributed by atoms with Gasteiger partial charge >= 0.3 is 0 Å². The Hall–Kier alpha value is -0.880. The number of likely N-dealkylation sites (tertiary alicyclic amines) is 1. The maximum atomic E-state index is 9.76. The Morgan fingerprint density at radius 1 is 1.04 bits per heavy atom. The largest absolute Gasteiger partial charge is 0.465 e. The first-order chi connectivity index (χ1) is 11.2. The van der Waals surface area contributed by atoms with Crippen molar-refractivity contribution in [2.24, 2.45) is 11.8 Å². The maximum Gasteiger partial charge on any atom is 0.118 e. The van der Waals surface area contributed by atoms with Gasteiger partial charge in [0.25, 0.3) is 0 Å². The van der Waals surface area contributed by atoms with Crippen LogP contribution in [-0.4, -0.2) is 79.3 Å². The number of nitrogens with zero attached hydrogens (tertiary/aromatic N) is 3. The standard InChI is InChI=1S/C18H31N3O2/c1-3-17-4-5-18(23-17)13-21-11-15(16(12-21)14-22)10-20-8-6-19(2)7-9-20/h4-5,15-16,22H,3,6-14H2,1-2H3/t15-,16-/m1/s1. The zero-order chi connectivity index (χ0) is 16.2. The normalized spacial score (nSPS) is 27.8. The third-order valence-electron chi connectivity index (χ3n) is 5.42. The Balaban J connectivity index is 1.52. The molecule has 1 N–H and O–H groups in total. The zero-order valence-corrected chi connectivity index (χ0v) is 14.6. The van der Waals surface area contributed by atoms with Gasteiger partial charge in [0, 0.05) is 58.8 Å². The molecule has 5 heteroatoms. The fourth-order valence-electron chi connectivity index (χ4n) is 3.86. The van der Waals surface area contributed by atoms with Crippen LogP contribution in [0, 0.1) is 11.8 Å². The van der Waals surface area contributed by atoms with Crippen molar-refractivity contribution < 1.29 is 9.52 Å². The first kappa shape index (κ1) is 17.0. The van der Waals surface area contributed by atoms with Crippen molar-refractivity contribution in [3.8, 4) is 0 Å². The van der Waals surface area contributed by atoms with Crippen LogP contribution in [0.4, 0.5) is 0 Å². The molecule has 1 aromatic rings. The number of aliphatic hydroxyl groups excluding tert-OH is 1. The molecule has 0 bridgehead atoms. The molecule has 2 fully saturated rings. The summed E-state index contributed by atoms with van der Waals surface area (Å²) in [5.41, 5.74) is 0. The smallest absolute Gasteiger partial charge is 0.118 e. The minimum absolute atomic E-state index is 0.299. The lowest BCUT2D eigenvalue weighted by Crippen LogP contribution is -2.47. The number of aryl methyl sites for hydroxylation is 1. The number of aliphatic hydroxyl groups is 1. The molecule has 23 heavy (non-hydrogen) atoms. The summed E-state index contributed by atoms with van der Waals surface area (Å²) in [5.74, 6) is 3.09. The van der Waals surface area contributed by atoms with Crippen molar-refractivity contribution in [2.45, 2.75) is 19.9 Å². The maximum absolute atomic E-state index is 9.76. The molecule has 3 rings (SSSR count). The molecule has 2 aliphatic heterocycles. The monoisotopic (exact) mass is 321 g/mol. The summed E-state index contributed by atoms with van der Waals surface area (Å²) in [4.78, 5) is 7.40. The van der Waals surface area contributed by atoms with Crippen LogP contribution in [0.2, 0.25) is 0 Å². The molecule has 0 aromatic carbocycles. The van der Waals surface area contributed by atoms with Gasteiger partial charge in [0.1, 0.15) is 11.5 Å². The Morgan fingerprint density at radius 3 is 2.39 bits per heavy atom. The van der Waals surface area contributed by atoms with E-state index in [-0.39, 0.29) is 0 Å². The molecule has 2 atom stereocenters. The minimum atomic E-state index is 0.299. The number of likely N-dealkylation sites (N-methyl/N-ethyl adjacent to an activating group) is 1. The van der Waals surface area contributed by atoms with E-state index in [0.717, 1.165) is 70.3 Å². The zero-order valence-electron chi connectivity index (χ0n) is 14.6. The Kier molecular flexibility index (Phi) is 5.75. The third-order valence-corrected chi connectivity index (χ3v) is 5.42. The number of piperazine rings is 1. The van der Waals surface area contributed by atoms with Crippen LogP contribution in [0.25, 0.3) is 0 Å². The van der Waals surface area contributed by atoms with Crippen LogP contribution in [0.5, 0.6) is 0 Å². The quantitative estimate of drug-likeness (QED) is 0.851. The van der Waals surface area contributed by atoms with Crippen molar-refractivity contribution in [1.29, 1.82) is 0 Å². The summed E-state index contributed by atoms with van der Waals surface area (Å²) in [6.45, 7) is 11.1. The van der Waals surface area contributed by atoms with Gasteiger partial charge in [-0.3, -0.25) is 4.90 Å². The van der Waals surface area contributed by atoms with E-state index in [1.807, 2.05) is 0 Å². The predicted octanol–water partition coefficient (Wildman–Crippen LogP) is 1.13. The highest BCUT2D eigenvalue weighted by molar-refractivity contribution is 5.07. The molecule has 2 aliphatic rings. The summed E-state index contributed by atoms with van der Waals surface area (Å²) >= 11 is 0. The van der Waals surface area contributed by atoms with Gasteiger partial charge in [-0.1, -0.05) is 6.92 Å². The van der Waals surface area contributed by atoms with Crippen molar-refractivity contribution in [3.63, 3.8) is 0 Å². The van der Waals surface area contributed by atoms with Crippen LogP contribution < -0.4 is 0 Å². The van der Waals surface area contributed by atoms with E-state index in [1.165, 1.54) is 0 Å². The van der Waals surface area contributed by atoms with Gasteiger partial charge in [0.2, 0.25) is 0 Å². The molecule has 0 aliphatic carbocycles. The molecular formula is C18H31N3O2. The lowest BCUT2D eigenvalue weighted by atomic mass is 9.96. The lowest BCUT2D eigenvalue weighted by Gasteiger charge is -2.34. The second kappa shape index (κ2) is 7.79. The number of hydrogen-bond acceptors (Lipinski definition) is 5. The van der Waals surface area contributed by atoms with E-state index >= 15 is 0 Å². The van der Waals surface area contributed by atoms with Gasteiger partial charge in [0.15, 0.2) is 0 Å². The second-order valence-corrected chi connectivity index (χ2v) is 7.22. The van der Waals surface area contributed by atoms with Crippen molar-refractivity contribution in [1.82, 2.24) is 14.7 Å². The van der Waals surface area contributed by atoms with Crippen LogP contribution >= 0.6 is 0 Å². The number of hydrogen-bond donors (Lipinski definition) is 1. The minimum Gasteiger partial charge on any atom is -0.465 e. The molecule has 5 nitrogen and oxygen atoms in total. The summed E-state index contributed by atoms with van der Waals surface area (Å²) < 4.78 is 5.84. The summed E-state index contributed by atoms with van der Waals surface area (Å²) in [7, 11) is 2.19. The molecule has 2 saturated heterocycles. The van der Waals surface area contributed by atoms with Gasteiger partial charge in [-0.05, 0) is 31.0 Å². The van der Waals surface area contributed by atoms with Crippen molar-refractivity contribution in [2.75, 3.05) is 59.5 Å². The van der Waals surface area contributed by atoms with Crippen LogP contribution in [0.3, 0.4) is 0 Å². The lowest BCUT2D eigenvalue weighted by molar-refractivity contribution is 0.116. The molecule has 0 unspecified atom stereocenters. The van der Waals surface area contributed by atoms with E-state index in [2.05, 4.69) is 40.8 Å². The van der Waals surface area contributed by atoms with Crippen LogP contribution in [-0.2, 0) is 13.0 Å². The number of furan rings is 1. The van der Waals surface area contributed by atoms with Crippen LogP contribution in [0.1, 0.15) is 18.4 Å². The highest BCUT2D eigenvalue weighted by Crippen LogP contribution is 2.26. The Morgan fingerprint density at radius 2 is 1.74 bits per heavy atom. The van der Waals surface area contributed by atoms with Gasteiger partial charge in [0.05, 0.1) is 6.54 Å². The molecule has 0 radical (unpaired) electrons. The third kappa shape index (κ3) is 4.35.